The predicted octanol–water partition coefficient (Wildman–Crippen LogP) is 5.27. The summed E-state index contributed by atoms with van der Waals surface area (Å²) < 4.78 is 23.2. The molecule has 8 nitrogen and oxygen atoms in total. The fourth-order valence-corrected chi connectivity index (χ4v) is 6.01. The molecule has 0 spiro atoms. The Balaban J connectivity index is 1.63. The van der Waals surface area contributed by atoms with Crippen LogP contribution in [0, 0.1) is 5.92 Å². The second-order valence-electron chi connectivity index (χ2n) is 11.0. The molecule has 1 aliphatic carbocycles. The summed E-state index contributed by atoms with van der Waals surface area (Å²) in [7, 11) is 2.91. The minimum atomic E-state index is -0.866. The summed E-state index contributed by atoms with van der Waals surface area (Å²) >= 11 is 0. The molecular formula is C32H38O8. The molecule has 3 atom stereocenters. The Morgan fingerprint density at radius 2 is 1.68 bits per heavy atom. The van der Waals surface area contributed by atoms with Crippen molar-refractivity contribution in [3.63, 3.8) is 0 Å². The van der Waals surface area contributed by atoms with E-state index >= 15 is 0 Å². The van der Waals surface area contributed by atoms with Crippen LogP contribution >= 0.6 is 0 Å². The van der Waals surface area contributed by atoms with Crippen molar-refractivity contribution in [3.05, 3.63) is 58.7 Å². The lowest BCUT2D eigenvalue weighted by atomic mass is 9.73. The van der Waals surface area contributed by atoms with Gasteiger partial charge in [0, 0.05) is 29.2 Å². The van der Waals surface area contributed by atoms with E-state index in [1.54, 1.807) is 18.2 Å². The number of aliphatic hydroxyl groups is 2. The lowest BCUT2D eigenvalue weighted by Crippen LogP contribution is -2.32. The van der Waals surface area contributed by atoms with Crippen LogP contribution in [-0.4, -0.2) is 54.0 Å². The molecule has 0 aromatic heterocycles. The highest BCUT2D eigenvalue weighted by molar-refractivity contribution is 5.82. The molecule has 2 aliphatic rings. The van der Waals surface area contributed by atoms with Crippen LogP contribution in [0.4, 0.5) is 0 Å². The number of ether oxygens (including phenoxy) is 4. The first kappa shape index (κ1) is 27.9. The van der Waals surface area contributed by atoms with Crippen LogP contribution in [-0.2, 0) is 12.8 Å². The van der Waals surface area contributed by atoms with Crippen molar-refractivity contribution in [2.75, 3.05) is 27.4 Å². The number of hydrogen-bond donors (Lipinski definition) is 4. The first-order valence-electron chi connectivity index (χ1n) is 13.8. The molecule has 0 saturated carbocycles. The van der Waals surface area contributed by atoms with E-state index in [0.29, 0.717) is 29.4 Å². The number of phenols is 2. The standard InChI is InChI=1S/C32H38O8/c1-17(2)5-6-18-11-24-23-15-25(35)32(19-12-28(37-3)31(36)29(13-19)38-4)40-26(23)16-27(39-10-9-33)30(24)21-8-7-20(34)14-22(18)21/h7-8,12-14,16-18,25,32-36H,5-6,9-11,15H2,1-4H3/t18-,25+,32-/m0/s1. The molecule has 0 fully saturated rings. The Morgan fingerprint density at radius 1 is 0.950 bits per heavy atom. The van der Waals surface area contributed by atoms with Crippen molar-refractivity contribution < 1.29 is 39.4 Å². The summed E-state index contributed by atoms with van der Waals surface area (Å²) in [5.74, 6) is 2.49. The van der Waals surface area contributed by atoms with Crippen LogP contribution in [0.15, 0.2) is 36.4 Å². The van der Waals surface area contributed by atoms with Gasteiger partial charge in [-0.1, -0.05) is 26.3 Å². The van der Waals surface area contributed by atoms with E-state index in [1.165, 1.54) is 14.2 Å². The SMILES string of the molecule is COc1cc([C@@H]2Oc3cc(OCCO)c4c(c3C[C@H]2O)C[C@H](CCC(C)C)c2cc(O)ccc2-4)cc(OC)c1O. The zero-order valence-corrected chi connectivity index (χ0v) is 23.4. The number of aromatic hydroxyl groups is 2. The van der Waals surface area contributed by atoms with Crippen molar-refractivity contribution >= 4 is 0 Å². The quantitative estimate of drug-likeness (QED) is 0.285. The van der Waals surface area contributed by atoms with Gasteiger partial charge in [0.05, 0.1) is 26.9 Å². The predicted molar refractivity (Wildman–Crippen MR) is 151 cm³/mol. The van der Waals surface area contributed by atoms with Gasteiger partial charge < -0.3 is 39.4 Å². The first-order chi connectivity index (χ1) is 19.2. The van der Waals surface area contributed by atoms with E-state index in [0.717, 1.165) is 47.1 Å². The fraction of sp³-hybridized carbons (Fsp3) is 0.438. The Labute approximate surface area is 234 Å². The molecule has 8 heteroatoms. The second kappa shape index (κ2) is 11.5. The van der Waals surface area contributed by atoms with E-state index < -0.39 is 12.2 Å². The summed E-state index contributed by atoms with van der Waals surface area (Å²) in [6.07, 6.45) is 1.49. The van der Waals surface area contributed by atoms with Crippen LogP contribution in [0.5, 0.6) is 34.5 Å². The molecule has 5 rings (SSSR count). The third-order valence-corrected chi connectivity index (χ3v) is 7.96. The largest absolute Gasteiger partial charge is 0.508 e. The minimum Gasteiger partial charge on any atom is -0.508 e. The Hall–Kier alpha value is -3.62. The van der Waals surface area contributed by atoms with Crippen molar-refractivity contribution in [2.45, 2.75) is 57.7 Å². The maximum atomic E-state index is 11.4. The van der Waals surface area contributed by atoms with Crippen molar-refractivity contribution in [2.24, 2.45) is 5.92 Å². The fourth-order valence-electron chi connectivity index (χ4n) is 6.01. The van der Waals surface area contributed by atoms with E-state index in [1.807, 2.05) is 18.2 Å². The van der Waals surface area contributed by atoms with E-state index in [-0.39, 0.29) is 42.1 Å². The summed E-state index contributed by atoms with van der Waals surface area (Å²) in [6, 6.07) is 10.6. The zero-order chi connectivity index (χ0) is 28.6. The monoisotopic (exact) mass is 550 g/mol. The molecular weight excluding hydrogens is 512 g/mol. The van der Waals surface area contributed by atoms with E-state index in [9.17, 15) is 20.4 Å². The number of aliphatic hydroxyl groups excluding tert-OH is 2. The number of rotatable bonds is 9. The van der Waals surface area contributed by atoms with Crippen LogP contribution in [0.2, 0.25) is 0 Å². The van der Waals surface area contributed by atoms with Gasteiger partial charge in [-0.05, 0) is 65.6 Å². The van der Waals surface area contributed by atoms with Gasteiger partial charge in [0.2, 0.25) is 5.75 Å². The van der Waals surface area contributed by atoms with E-state index in [4.69, 9.17) is 18.9 Å². The van der Waals surface area contributed by atoms with Crippen molar-refractivity contribution in [3.8, 4) is 45.6 Å². The molecule has 4 N–H and O–H groups in total. The maximum Gasteiger partial charge on any atom is 0.200 e. The highest BCUT2D eigenvalue weighted by Crippen LogP contribution is 2.53. The number of hydrogen-bond acceptors (Lipinski definition) is 8. The van der Waals surface area contributed by atoms with Crippen LogP contribution in [0.25, 0.3) is 11.1 Å². The highest BCUT2D eigenvalue weighted by Gasteiger charge is 2.37. The molecule has 0 bridgehead atoms. The lowest BCUT2D eigenvalue weighted by Gasteiger charge is -2.37. The average Bonchev–Trinajstić information content (AvgIpc) is 2.94. The van der Waals surface area contributed by atoms with Gasteiger partial charge in [0.1, 0.15) is 23.9 Å². The van der Waals surface area contributed by atoms with Gasteiger partial charge in [0.25, 0.3) is 0 Å². The van der Waals surface area contributed by atoms with Gasteiger partial charge in [0.15, 0.2) is 17.6 Å². The zero-order valence-electron chi connectivity index (χ0n) is 23.4. The summed E-state index contributed by atoms with van der Waals surface area (Å²) in [6.45, 7) is 4.40. The molecule has 3 aromatic rings. The number of phenolic OH excluding ortho intramolecular Hbond substituents is 2. The number of fused-ring (bicyclic) bond motifs is 5. The number of benzene rings is 3. The molecule has 0 amide bonds. The van der Waals surface area contributed by atoms with Crippen LogP contribution in [0.3, 0.4) is 0 Å². The third kappa shape index (κ3) is 5.13. The molecule has 1 heterocycles. The molecule has 40 heavy (non-hydrogen) atoms. The van der Waals surface area contributed by atoms with Gasteiger partial charge >= 0.3 is 0 Å². The minimum absolute atomic E-state index is 0.119. The topological polar surface area (TPSA) is 118 Å². The summed E-state index contributed by atoms with van der Waals surface area (Å²) in [5.41, 5.74) is 5.60. The number of methoxy groups -OCH3 is 2. The van der Waals surface area contributed by atoms with Crippen LogP contribution < -0.4 is 18.9 Å². The van der Waals surface area contributed by atoms with Crippen molar-refractivity contribution in [1.82, 2.24) is 0 Å². The average molecular weight is 551 g/mol. The second-order valence-corrected chi connectivity index (χ2v) is 11.0. The molecule has 3 aromatic carbocycles. The summed E-state index contributed by atoms with van der Waals surface area (Å²) in [5, 5.41) is 41.7. The highest BCUT2D eigenvalue weighted by atomic mass is 16.5. The van der Waals surface area contributed by atoms with Gasteiger partial charge in [-0.25, -0.2) is 0 Å². The Morgan fingerprint density at radius 3 is 2.33 bits per heavy atom. The van der Waals surface area contributed by atoms with Crippen LogP contribution in [0.1, 0.15) is 61.0 Å². The molecule has 214 valence electrons. The van der Waals surface area contributed by atoms with Crippen molar-refractivity contribution in [1.29, 1.82) is 0 Å². The van der Waals surface area contributed by atoms with Gasteiger partial charge in [-0.3, -0.25) is 0 Å². The molecule has 1 aliphatic heterocycles. The molecule has 0 saturated heterocycles. The van der Waals surface area contributed by atoms with Gasteiger partial charge in [-0.15, -0.1) is 0 Å². The molecule has 0 unspecified atom stereocenters. The smallest absolute Gasteiger partial charge is 0.200 e. The third-order valence-electron chi connectivity index (χ3n) is 7.96. The first-order valence-corrected chi connectivity index (χ1v) is 13.8. The molecule has 0 radical (unpaired) electrons. The normalized spacial score (nSPS) is 19.3. The Kier molecular flexibility index (Phi) is 8.01. The van der Waals surface area contributed by atoms with Gasteiger partial charge in [-0.2, -0.15) is 0 Å². The maximum absolute atomic E-state index is 11.4. The summed E-state index contributed by atoms with van der Waals surface area (Å²) in [4.78, 5) is 0. The van der Waals surface area contributed by atoms with E-state index in [2.05, 4.69) is 13.8 Å². The Bertz CT molecular complexity index is 1360. The lowest BCUT2D eigenvalue weighted by molar-refractivity contribution is 0.0200.